The van der Waals surface area contributed by atoms with Gasteiger partial charge in [0.05, 0.1) is 37.5 Å². The average Bonchev–Trinajstić information content (AvgIpc) is 3.54. The van der Waals surface area contributed by atoms with E-state index in [0.717, 1.165) is 110 Å². The highest BCUT2D eigenvalue weighted by Gasteiger charge is 2.45. The van der Waals surface area contributed by atoms with Crippen LogP contribution in [0.1, 0.15) is 63.1 Å². The van der Waals surface area contributed by atoms with E-state index in [2.05, 4.69) is 37.3 Å². The van der Waals surface area contributed by atoms with Crippen molar-refractivity contribution in [1.82, 2.24) is 39.7 Å². The highest BCUT2D eigenvalue weighted by Crippen LogP contribution is 2.39. The summed E-state index contributed by atoms with van der Waals surface area (Å²) in [4.78, 5) is 88.9. The SMILES string of the molecule is CNC(=O)N1CCc2c(-c3cc(OC)c(CN4CCN(CCN(C)C5CCCN(c6ccc7c(c6)C(=O)N(C6CCC(=O)NC6=O)C7=O)C5)CC4)c(OC)c3)cn(C)c(=O)c2C1. The Morgan fingerprint density at radius 1 is 0.855 bits per heavy atom. The van der Waals surface area contributed by atoms with Crippen LogP contribution < -0.4 is 30.6 Å². The van der Waals surface area contributed by atoms with E-state index in [4.69, 9.17) is 9.47 Å². The van der Waals surface area contributed by atoms with Gasteiger partial charge in [-0.1, -0.05) is 0 Å². The summed E-state index contributed by atoms with van der Waals surface area (Å²) in [6.07, 6.45) is 4.72. The lowest BCUT2D eigenvalue weighted by Gasteiger charge is -2.40. The average molecular weight is 852 g/mol. The maximum Gasteiger partial charge on any atom is 0.317 e. The number of methoxy groups -OCH3 is 2. The van der Waals surface area contributed by atoms with Crippen LogP contribution in [-0.2, 0) is 36.1 Å². The van der Waals surface area contributed by atoms with Crippen molar-refractivity contribution >= 4 is 35.3 Å². The second-order valence-corrected chi connectivity index (χ2v) is 17.0. The Morgan fingerprint density at radius 3 is 2.26 bits per heavy atom. The minimum atomic E-state index is -0.983. The summed E-state index contributed by atoms with van der Waals surface area (Å²) in [5, 5.41) is 4.93. The Kier molecular flexibility index (Phi) is 12.4. The number of aryl methyl sites for hydroxylation is 1. The van der Waals surface area contributed by atoms with Crippen LogP contribution in [0.4, 0.5) is 10.5 Å². The lowest BCUT2D eigenvalue weighted by molar-refractivity contribution is -0.136. The molecule has 8 rings (SSSR count). The highest BCUT2D eigenvalue weighted by molar-refractivity contribution is 6.23. The molecule has 0 saturated carbocycles. The lowest BCUT2D eigenvalue weighted by atomic mass is 9.91. The third-order valence-electron chi connectivity index (χ3n) is 13.4. The van der Waals surface area contributed by atoms with E-state index in [1.165, 1.54) is 0 Å². The third-order valence-corrected chi connectivity index (χ3v) is 13.4. The molecule has 2 unspecified atom stereocenters. The second kappa shape index (κ2) is 17.9. The molecule has 2 N–H and O–H groups in total. The van der Waals surface area contributed by atoms with Crippen molar-refractivity contribution in [3.63, 3.8) is 0 Å². The molecule has 5 aliphatic heterocycles. The monoisotopic (exact) mass is 851 g/mol. The zero-order valence-corrected chi connectivity index (χ0v) is 36.3. The maximum absolute atomic E-state index is 13.5. The van der Waals surface area contributed by atoms with E-state index >= 15 is 0 Å². The van der Waals surface area contributed by atoms with Crippen LogP contribution in [0.25, 0.3) is 11.1 Å². The standard InChI is InChI=1S/C45H57N9O8/c1-46-45(60)53-14-12-31-34(25-49(3)42(57)35(31)27-53)28-21-38(61-4)36(39(22-28)62-5)26-51-19-17-50(18-20-51)16-15-48(2)30-7-6-13-52(24-30)29-8-9-32-33(23-29)44(59)54(43(32)58)37-10-11-40(55)47-41(37)56/h8-9,21-23,25,30,37H,6-7,10-20,24,26-27H2,1-5H3,(H,46,60)(H,47,55,56). The molecule has 0 aliphatic carbocycles. The van der Waals surface area contributed by atoms with Gasteiger partial charge in [-0.25, -0.2) is 4.79 Å². The number of urea groups is 1. The number of fused-ring (bicyclic) bond motifs is 2. The number of amides is 6. The van der Waals surface area contributed by atoms with Crippen LogP contribution in [0.3, 0.4) is 0 Å². The molecular formula is C45H57N9O8. The van der Waals surface area contributed by atoms with Crippen LogP contribution in [0.15, 0.2) is 41.3 Å². The number of likely N-dealkylation sites (N-methyl/N-ethyl adjacent to an activating group) is 1. The summed E-state index contributed by atoms with van der Waals surface area (Å²) in [6, 6.07) is 8.57. The summed E-state index contributed by atoms with van der Waals surface area (Å²) in [5.41, 5.74) is 5.76. The molecule has 0 spiro atoms. The van der Waals surface area contributed by atoms with Crippen molar-refractivity contribution in [3.05, 3.63) is 74.7 Å². The Morgan fingerprint density at radius 2 is 1.56 bits per heavy atom. The zero-order chi connectivity index (χ0) is 43.8. The van der Waals surface area contributed by atoms with Gasteiger partial charge in [0.2, 0.25) is 11.8 Å². The van der Waals surface area contributed by atoms with Crippen molar-refractivity contribution in [2.75, 3.05) is 92.1 Å². The van der Waals surface area contributed by atoms with Crippen LogP contribution in [-0.4, -0.2) is 158 Å². The number of aromatic nitrogens is 1. The number of carbonyl (C=O) groups is 5. The quantitative estimate of drug-likeness (QED) is 0.270. The van der Waals surface area contributed by atoms with Crippen molar-refractivity contribution < 1.29 is 33.4 Å². The van der Waals surface area contributed by atoms with E-state index in [9.17, 15) is 28.8 Å². The van der Waals surface area contributed by atoms with Crippen LogP contribution in [0.5, 0.6) is 11.5 Å². The van der Waals surface area contributed by atoms with E-state index < -0.39 is 29.7 Å². The number of piperidine rings is 2. The van der Waals surface area contributed by atoms with Gasteiger partial charge in [0.15, 0.2) is 0 Å². The first-order chi connectivity index (χ1) is 29.9. The molecule has 1 aromatic heterocycles. The molecule has 6 heterocycles. The molecule has 6 amide bonds. The predicted molar refractivity (Wildman–Crippen MR) is 231 cm³/mol. The number of imide groups is 2. The number of ether oxygens (including phenoxy) is 2. The van der Waals surface area contributed by atoms with Crippen molar-refractivity contribution in [2.45, 2.75) is 57.3 Å². The van der Waals surface area contributed by atoms with Gasteiger partial charge in [-0.2, -0.15) is 0 Å². The first kappa shape index (κ1) is 42.9. The van der Waals surface area contributed by atoms with Crippen LogP contribution in [0.2, 0.25) is 0 Å². The lowest BCUT2D eigenvalue weighted by Crippen LogP contribution is -2.54. The van der Waals surface area contributed by atoms with E-state index in [1.54, 1.807) is 49.9 Å². The van der Waals surface area contributed by atoms with E-state index in [1.807, 2.05) is 24.4 Å². The van der Waals surface area contributed by atoms with Gasteiger partial charge in [-0.3, -0.25) is 44.0 Å². The normalized spacial score (nSPS) is 21.0. The molecule has 17 nitrogen and oxygen atoms in total. The van der Waals surface area contributed by atoms with Crippen molar-refractivity contribution in [2.24, 2.45) is 7.05 Å². The maximum atomic E-state index is 13.5. The number of hydrogen-bond donors (Lipinski definition) is 2. The fourth-order valence-electron chi connectivity index (χ4n) is 9.76. The number of nitrogens with zero attached hydrogens (tertiary/aromatic N) is 7. The van der Waals surface area contributed by atoms with Gasteiger partial charge in [-0.15, -0.1) is 0 Å². The number of pyridine rings is 1. The second-order valence-electron chi connectivity index (χ2n) is 17.0. The van der Waals surface area contributed by atoms with E-state index in [0.29, 0.717) is 42.2 Å². The van der Waals surface area contributed by atoms with Gasteiger partial charge in [0, 0.05) is 115 Å². The molecule has 2 atom stereocenters. The summed E-state index contributed by atoms with van der Waals surface area (Å²) in [5.74, 6) is -0.532. The Balaban J connectivity index is 0.859. The van der Waals surface area contributed by atoms with Crippen molar-refractivity contribution in [1.29, 1.82) is 0 Å². The van der Waals surface area contributed by atoms with Crippen LogP contribution >= 0.6 is 0 Å². The van der Waals surface area contributed by atoms with Gasteiger partial charge >= 0.3 is 6.03 Å². The number of piperazine rings is 1. The molecule has 3 aromatic rings. The summed E-state index contributed by atoms with van der Waals surface area (Å²) < 4.78 is 13.6. The number of hydrogen-bond acceptors (Lipinski definition) is 12. The minimum absolute atomic E-state index is 0.0864. The summed E-state index contributed by atoms with van der Waals surface area (Å²) in [7, 11) is 8.87. The molecule has 17 heteroatoms. The zero-order valence-electron chi connectivity index (χ0n) is 36.3. The molecule has 0 radical (unpaired) electrons. The number of nitrogens with one attached hydrogen (secondary N) is 2. The van der Waals surface area contributed by atoms with Crippen molar-refractivity contribution in [3.8, 4) is 22.6 Å². The number of carbonyl (C=O) groups excluding carboxylic acids is 5. The topological polar surface area (TPSA) is 169 Å². The van der Waals surface area contributed by atoms with E-state index in [-0.39, 0.29) is 31.0 Å². The predicted octanol–water partition coefficient (Wildman–Crippen LogP) is 1.89. The van der Waals surface area contributed by atoms with Gasteiger partial charge < -0.3 is 34.1 Å². The Bertz CT molecular complexity index is 2310. The number of benzene rings is 2. The molecule has 2 aromatic carbocycles. The van der Waals surface area contributed by atoms with Gasteiger partial charge in [0.1, 0.15) is 17.5 Å². The first-order valence-corrected chi connectivity index (χ1v) is 21.6. The molecule has 62 heavy (non-hydrogen) atoms. The number of rotatable bonds is 11. The third kappa shape index (κ3) is 8.28. The molecule has 0 bridgehead atoms. The first-order valence-electron chi connectivity index (χ1n) is 21.6. The number of anilines is 1. The Hall–Kier alpha value is -5.78. The largest absolute Gasteiger partial charge is 0.496 e. The highest BCUT2D eigenvalue weighted by atomic mass is 16.5. The fourth-order valence-corrected chi connectivity index (χ4v) is 9.76. The molecule has 3 fully saturated rings. The molecule has 330 valence electrons. The molecule has 3 saturated heterocycles. The molecule has 5 aliphatic rings. The van der Waals surface area contributed by atoms with Crippen LogP contribution in [0, 0.1) is 0 Å². The summed E-state index contributed by atoms with van der Waals surface area (Å²) in [6.45, 7) is 8.59. The molecular weight excluding hydrogens is 795 g/mol. The minimum Gasteiger partial charge on any atom is -0.496 e. The smallest absolute Gasteiger partial charge is 0.317 e. The Labute approximate surface area is 361 Å². The van der Waals surface area contributed by atoms with Gasteiger partial charge in [-0.05, 0) is 74.2 Å². The summed E-state index contributed by atoms with van der Waals surface area (Å²) >= 11 is 0. The fraction of sp³-hybridized carbons (Fsp3) is 0.511. The van der Waals surface area contributed by atoms with Gasteiger partial charge in [0.25, 0.3) is 17.4 Å².